The Morgan fingerprint density at radius 1 is 1.22 bits per heavy atom. The molecular weight excluding hydrogens is 412 g/mol. The van der Waals surface area contributed by atoms with Crippen LogP contribution in [0, 0.1) is 5.92 Å². The Kier molecular flexibility index (Phi) is 5.52. The second-order valence-corrected chi connectivity index (χ2v) is 9.82. The molecule has 1 aliphatic carbocycles. The third-order valence-corrected chi connectivity index (χ3v) is 7.31. The van der Waals surface area contributed by atoms with Crippen LogP contribution < -0.4 is 9.47 Å². The van der Waals surface area contributed by atoms with E-state index in [1.807, 2.05) is 0 Å². The molecule has 7 nitrogen and oxygen atoms in total. The van der Waals surface area contributed by atoms with Gasteiger partial charge in [0.05, 0.1) is 25.4 Å². The summed E-state index contributed by atoms with van der Waals surface area (Å²) in [6.07, 6.45) is 4.62. The largest absolute Gasteiger partial charge is 0.487 e. The second kappa shape index (κ2) is 7.80. The standard InChI is InChI=1S/C25H32O7/c1-13(2)8-7-10-25(4)15-9-11-24(3,28)21-18(15)19-16(32-25)12-14(22(26)29-5)17(20(19)31-21)23(27)30-6/h8,12,15,18,21,28H,7,9-11H2,1-6H3/t15-,18+,21-,24+,25+/m1/s1. The number of ether oxygens (including phenoxy) is 4. The number of hydrogen-bond donors (Lipinski definition) is 1. The maximum absolute atomic E-state index is 12.7. The third-order valence-electron chi connectivity index (χ3n) is 7.31. The summed E-state index contributed by atoms with van der Waals surface area (Å²) in [6.45, 7) is 8.01. The van der Waals surface area contributed by atoms with Gasteiger partial charge in [0, 0.05) is 17.4 Å². The molecule has 2 aliphatic heterocycles. The minimum Gasteiger partial charge on any atom is -0.487 e. The molecule has 174 valence electrons. The van der Waals surface area contributed by atoms with Crippen LogP contribution in [0.2, 0.25) is 0 Å². The molecule has 1 aromatic rings. The highest BCUT2D eigenvalue weighted by atomic mass is 16.5. The predicted octanol–water partition coefficient (Wildman–Crippen LogP) is 4.16. The van der Waals surface area contributed by atoms with E-state index in [0.717, 1.165) is 24.8 Å². The number of carbonyl (C=O) groups excluding carboxylic acids is 2. The van der Waals surface area contributed by atoms with E-state index >= 15 is 0 Å². The SMILES string of the molecule is COC(=O)c1cc2c3c(c1C(=O)OC)O[C@@H]1[C@H]3[C@@H](CC[C@]1(C)O)[C@](C)(CCC=C(C)C)O2. The molecule has 32 heavy (non-hydrogen) atoms. The third kappa shape index (κ3) is 3.38. The van der Waals surface area contributed by atoms with Crippen LogP contribution in [0.5, 0.6) is 11.5 Å². The fourth-order valence-corrected chi connectivity index (χ4v) is 5.69. The van der Waals surface area contributed by atoms with Crippen molar-refractivity contribution in [3.8, 4) is 11.5 Å². The van der Waals surface area contributed by atoms with E-state index in [-0.39, 0.29) is 28.7 Å². The zero-order valence-corrected chi connectivity index (χ0v) is 19.6. The Morgan fingerprint density at radius 2 is 1.91 bits per heavy atom. The highest BCUT2D eigenvalue weighted by Gasteiger charge is 2.61. The molecule has 0 unspecified atom stereocenters. The van der Waals surface area contributed by atoms with Crippen molar-refractivity contribution < 1.29 is 33.6 Å². The molecule has 0 bridgehead atoms. The number of aliphatic hydroxyl groups is 1. The van der Waals surface area contributed by atoms with Crippen molar-refractivity contribution in [2.75, 3.05) is 14.2 Å². The molecule has 7 heteroatoms. The van der Waals surface area contributed by atoms with E-state index in [1.54, 1.807) is 13.0 Å². The van der Waals surface area contributed by atoms with Gasteiger partial charge in [-0.2, -0.15) is 0 Å². The van der Waals surface area contributed by atoms with Crippen molar-refractivity contribution in [2.24, 2.45) is 5.92 Å². The lowest BCUT2D eigenvalue weighted by molar-refractivity contribution is -0.125. The maximum atomic E-state index is 12.7. The van der Waals surface area contributed by atoms with Gasteiger partial charge in [-0.1, -0.05) is 11.6 Å². The summed E-state index contributed by atoms with van der Waals surface area (Å²) < 4.78 is 22.8. The van der Waals surface area contributed by atoms with Gasteiger partial charge >= 0.3 is 11.9 Å². The Bertz CT molecular complexity index is 988. The monoisotopic (exact) mass is 444 g/mol. The highest BCUT2D eigenvalue weighted by molar-refractivity contribution is 6.06. The summed E-state index contributed by atoms with van der Waals surface area (Å²) in [5.74, 6) is -0.634. The van der Waals surface area contributed by atoms with Crippen LogP contribution in [0.4, 0.5) is 0 Å². The molecule has 0 amide bonds. The number of allylic oxidation sites excluding steroid dienone is 2. The predicted molar refractivity (Wildman–Crippen MR) is 117 cm³/mol. The molecule has 5 atom stereocenters. The van der Waals surface area contributed by atoms with Gasteiger partial charge in [0.25, 0.3) is 0 Å². The summed E-state index contributed by atoms with van der Waals surface area (Å²) in [6, 6.07) is 1.57. The van der Waals surface area contributed by atoms with E-state index in [0.29, 0.717) is 12.2 Å². The number of rotatable bonds is 5. The molecule has 0 saturated heterocycles. The van der Waals surface area contributed by atoms with Gasteiger partial charge in [-0.15, -0.1) is 0 Å². The van der Waals surface area contributed by atoms with Crippen LogP contribution in [-0.4, -0.2) is 48.6 Å². The zero-order valence-electron chi connectivity index (χ0n) is 19.6. The van der Waals surface area contributed by atoms with E-state index in [9.17, 15) is 14.7 Å². The lowest BCUT2D eigenvalue weighted by Gasteiger charge is -2.51. The molecular formula is C25H32O7. The number of benzene rings is 1. The van der Waals surface area contributed by atoms with Crippen LogP contribution in [-0.2, 0) is 9.47 Å². The molecule has 1 saturated carbocycles. The molecule has 4 rings (SSSR count). The van der Waals surface area contributed by atoms with E-state index in [4.69, 9.17) is 18.9 Å². The van der Waals surface area contributed by atoms with Gasteiger partial charge in [0.15, 0.2) is 0 Å². The molecule has 1 fully saturated rings. The Morgan fingerprint density at radius 3 is 2.53 bits per heavy atom. The summed E-state index contributed by atoms with van der Waals surface area (Å²) in [4.78, 5) is 25.3. The smallest absolute Gasteiger partial charge is 0.342 e. The quantitative estimate of drug-likeness (QED) is 0.538. The first-order valence-electron chi connectivity index (χ1n) is 11.1. The molecule has 0 spiro atoms. The number of methoxy groups -OCH3 is 2. The van der Waals surface area contributed by atoms with Crippen LogP contribution in [0.15, 0.2) is 17.7 Å². The van der Waals surface area contributed by atoms with Gasteiger partial charge in [0.1, 0.15) is 28.8 Å². The molecule has 0 aromatic heterocycles. The molecule has 3 aliphatic rings. The first kappa shape index (κ1) is 22.6. The number of esters is 2. The van der Waals surface area contributed by atoms with E-state index < -0.39 is 29.2 Å². The van der Waals surface area contributed by atoms with Crippen molar-refractivity contribution in [1.82, 2.24) is 0 Å². The van der Waals surface area contributed by atoms with Gasteiger partial charge in [0.2, 0.25) is 0 Å². The van der Waals surface area contributed by atoms with Crippen molar-refractivity contribution in [3.05, 3.63) is 34.4 Å². The van der Waals surface area contributed by atoms with Gasteiger partial charge < -0.3 is 24.1 Å². The van der Waals surface area contributed by atoms with Gasteiger partial charge in [-0.25, -0.2) is 9.59 Å². The summed E-state index contributed by atoms with van der Waals surface area (Å²) in [5.41, 5.74) is 0.470. The molecule has 0 radical (unpaired) electrons. The van der Waals surface area contributed by atoms with Gasteiger partial charge in [-0.3, -0.25) is 0 Å². The maximum Gasteiger partial charge on any atom is 0.342 e. The van der Waals surface area contributed by atoms with Crippen molar-refractivity contribution >= 4 is 11.9 Å². The summed E-state index contributed by atoms with van der Waals surface area (Å²) in [7, 11) is 2.52. The second-order valence-electron chi connectivity index (χ2n) is 9.82. The Hall–Kier alpha value is -2.54. The van der Waals surface area contributed by atoms with Gasteiger partial charge in [-0.05, 0) is 59.4 Å². The molecule has 2 heterocycles. The van der Waals surface area contributed by atoms with Crippen molar-refractivity contribution in [3.63, 3.8) is 0 Å². The number of hydrogen-bond acceptors (Lipinski definition) is 7. The molecule has 1 aromatic carbocycles. The minimum absolute atomic E-state index is 0.0267. The summed E-state index contributed by atoms with van der Waals surface area (Å²) >= 11 is 0. The first-order valence-corrected chi connectivity index (χ1v) is 11.1. The minimum atomic E-state index is -1.07. The highest BCUT2D eigenvalue weighted by Crippen LogP contribution is 2.62. The Balaban J connectivity index is 1.91. The Labute approximate surface area is 188 Å². The normalized spacial score (nSPS) is 31.7. The zero-order chi connectivity index (χ0) is 23.4. The molecule has 1 N–H and O–H groups in total. The average Bonchev–Trinajstić information content (AvgIpc) is 3.14. The van der Waals surface area contributed by atoms with Crippen LogP contribution in [0.25, 0.3) is 0 Å². The van der Waals surface area contributed by atoms with Crippen LogP contribution in [0.3, 0.4) is 0 Å². The summed E-state index contributed by atoms with van der Waals surface area (Å²) in [5, 5.41) is 11.2. The fraction of sp³-hybridized carbons (Fsp3) is 0.600. The van der Waals surface area contributed by atoms with E-state index in [1.165, 1.54) is 19.8 Å². The topological polar surface area (TPSA) is 91.3 Å². The lowest BCUT2D eigenvalue weighted by Crippen LogP contribution is -2.57. The first-order chi connectivity index (χ1) is 15.0. The lowest BCUT2D eigenvalue weighted by atomic mass is 9.61. The van der Waals surface area contributed by atoms with Crippen molar-refractivity contribution in [1.29, 1.82) is 0 Å². The fourth-order valence-electron chi connectivity index (χ4n) is 5.69. The average molecular weight is 445 g/mol. The van der Waals surface area contributed by atoms with Crippen molar-refractivity contribution in [2.45, 2.75) is 76.6 Å². The number of carbonyl (C=O) groups is 2. The van der Waals surface area contributed by atoms with Crippen LogP contribution >= 0.6 is 0 Å². The van der Waals surface area contributed by atoms with E-state index in [2.05, 4.69) is 26.8 Å². The van der Waals surface area contributed by atoms with Crippen LogP contribution in [0.1, 0.15) is 85.6 Å².